The quantitative estimate of drug-likeness (QED) is 0.942. The fourth-order valence-corrected chi connectivity index (χ4v) is 2.43. The van der Waals surface area contributed by atoms with Crippen molar-refractivity contribution in [2.75, 3.05) is 6.61 Å². The van der Waals surface area contributed by atoms with Gasteiger partial charge in [-0.1, -0.05) is 24.2 Å². The van der Waals surface area contributed by atoms with Crippen molar-refractivity contribution in [3.8, 4) is 5.75 Å². The average molecular weight is 305 g/mol. The second kappa shape index (κ2) is 6.13. The Morgan fingerprint density at radius 3 is 3.14 bits per heavy atom. The molecule has 0 saturated heterocycles. The Hall–Kier alpha value is -2.44. The van der Waals surface area contributed by atoms with Crippen molar-refractivity contribution in [3.05, 3.63) is 41.3 Å². The minimum Gasteiger partial charge on any atom is -0.490 e. The predicted octanol–water partition coefficient (Wildman–Crippen LogP) is 2.41. The molecule has 1 aromatic heterocycles. The molecule has 2 heterocycles. The minimum absolute atomic E-state index is 0.0834. The van der Waals surface area contributed by atoms with Crippen LogP contribution in [-0.4, -0.2) is 22.7 Å². The molecule has 1 aliphatic heterocycles. The first kappa shape index (κ1) is 14.5. The van der Waals surface area contributed by atoms with Gasteiger partial charge in [-0.05, 0) is 18.9 Å². The predicted molar refractivity (Wildman–Crippen MR) is 75.0 cm³/mol. The van der Waals surface area contributed by atoms with Crippen LogP contribution in [-0.2, 0) is 6.42 Å². The molecule has 22 heavy (non-hydrogen) atoms. The highest BCUT2D eigenvalue weighted by atomic mass is 19.1. The maximum atomic E-state index is 13.9. The van der Waals surface area contributed by atoms with E-state index in [0.29, 0.717) is 37.3 Å². The van der Waals surface area contributed by atoms with Gasteiger partial charge in [-0.25, -0.2) is 4.39 Å². The van der Waals surface area contributed by atoms with E-state index in [-0.39, 0.29) is 17.7 Å². The van der Waals surface area contributed by atoms with Crippen molar-refractivity contribution in [2.45, 2.75) is 32.2 Å². The molecule has 116 valence electrons. The van der Waals surface area contributed by atoms with Crippen LogP contribution in [0, 0.1) is 5.82 Å². The lowest BCUT2D eigenvalue weighted by Crippen LogP contribution is -2.28. The molecule has 6 nitrogen and oxygen atoms in total. The van der Waals surface area contributed by atoms with E-state index < -0.39 is 11.7 Å². The van der Waals surface area contributed by atoms with Crippen molar-refractivity contribution < 1.29 is 18.4 Å². The number of nitrogens with zero attached hydrogens (tertiary/aromatic N) is 2. The number of ether oxygens (including phenoxy) is 1. The molecule has 2 aromatic rings. The van der Waals surface area contributed by atoms with Crippen molar-refractivity contribution in [1.82, 2.24) is 15.5 Å². The topological polar surface area (TPSA) is 77.2 Å². The Labute approximate surface area is 126 Å². The Bertz CT molecular complexity index is 686. The number of hydrogen-bond acceptors (Lipinski definition) is 5. The van der Waals surface area contributed by atoms with Gasteiger partial charge in [0, 0.05) is 12.0 Å². The molecule has 0 spiro atoms. The van der Waals surface area contributed by atoms with E-state index in [1.807, 2.05) is 6.92 Å². The molecule has 0 bridgehead atoms. The van der Waals surface area contributed by atoms with Gasteiger partial charge in [0.2, 0.25) is 0 Å². The molecule has 1 N–H and O–H groups in total. The molecule has 0 radical (unpaired) electrons. The number of carbonyl (C=O) groups excluding carboxylic acids is 1. The number of halogens is 1. The molecular formula is C15H16FN3O3. The summed E-state index contributed by atoms with van der Waals surface area (Å²) in [5, 5.41) is 6.51. The van der Waals surface area contributed by atoms with Crippen LogP contribution in [0.15, 0.2) is 22.7 Å². The van der Waals surface area contributed by atoms with Gasteiger partial charge in [-0.3, -0.25) is 4.79 Å². The molecule has 0 saturated carbocycles. The monoisotopic (exact) mass is 305 g/mol. The minimum atomic E-state index is -0.464. The van der Waals surface area contributed by atoms with E-state index in [0.717, 1.165) is 0 Å². The summed E-state index contributed by atoms with van der Waals surface area (Å²) < 4.78 is 24.2. The van der Waals surface area contributed by atoms with Gasteiger partial charge >= 0.3 is 11.8 Å². The van der Waals surface area contributed by atoms with E-state index in [1.54, 1.807) is 12.1 Å². The number of aromatic nitrogens is 2. The summed E-state index contributed by atoms with van der Waals surface area (Å²) in [5.74, 6) is -0.301. The number of rotatable bonds is 3. The van der Waals surface area contributed by atoms with Crippen LogP contribution in [0.1, 0.15) is 47.9 Å². The molecular weight excluding hydrogens is 289 g/mol. The number of nitrogens with one attached hydrogen (secondary N) is 1. The highest BCUT2D eigenvalue weighted by Gasteiger charge is 2.26. The lowest BCUT2D eigenvalue weighted by Gasteiger charge is -2.17. The third-order valence-corrected chi connectivity index (χ3v) is 3.54. The number of amides is 1. The van der Waals surface area contributed by atoms with Crippen molar-refractivity contribution in [2.24, 2.45) is 0 Å². The van der Waals surface area contributed by atoms with Crippen LogP contribution in [0.3, 0.4) is 0 Å². The molecule has 3 rings (SSSR count). The largest absolute Gasteiger partial charge is 0.490 e. The molecule has 1 unspecified atom stereocenters. The van der Waals surface area contributed by atoms with Gasteiger partial charge in [0.15, 0.2) is 17.4 Å². The maximum Gasteiger partial charge on any atom is 0.315 e. The molecule has 7 heteroatoms. The summed E-state index contributed by atoms with van der Waals surface area (Å²) in [6.07, 6.45) is 1.95. The summed E-state index contributed by atoms with van der Waals surface area (Å²) in [6.45, 7) is 2.29. The Balaban J connectivity index is 1.83. The van der Waals surface area contributed by atoms with Crippen LogP contribution in [0.2, 0.25) is 0 Å². The van der Waals surface area contributed by atoms with E-state index in [9.17, 15) is 9.18 Å². The van der Waals surface area contributed by atoms with E-state index in [4.69, 9.17) is 9.26 Å². The highest BCUT2D eigenvalue weighted by Crippen LogP contribution is 2.33. The number of fused-ring (bicyclic) bond motifs is 1. The molecule has 0 aliphatic carbocycles. The first-order valence-corrected chi connectivity index (χ1v) is 7.23. The van der Waals surface area contributed by atoms with Gasteiger partial charge in [-0.15, -0.1) is 0 Å². The fraction of sp³-hybridized carbons (Fsp3) is 0.400. The van der Waals surface area contributed by atoms with Crippen LogP contribution in [0.25, 0.3) is 0 Å². The standard InChI is InChI=1S/C15H16FN3O3/c1-2-12-18-15(22-19-12)14(20)17-11-7-4-8-21-13-9(11)5-3-6-10(13)16/h3,5-6,11H,2,4,7-8H2,1H3,(H,17,20). The molecule has 1 aliphatic rings. The first-order chi connectivity index (χ1) is 10.7. The summed E-state index contributed by atoms with van der Waals surface area (Å²) in [6, 6.07) is 4.34. The van der Waals surface area contributed by atoms with E-state index >= 15 is 0 Å². The van der Waals surface area contributed by atoms with Gasteiger partial charge in [0.05, 0.1) is 12.6 Å². The third-order valence-electron chi connectivity index (χ3n) is 3.54. The Kier molecular flexibility index (Phi) is 4.04. The molecule has 1 aromatic carbocycles. The van der Waals surface area contributed by atoms with Crippen molar-refractivity contribution in [3.63, 3.8) is 0 Å². The smallest absolute Gasteiger partial charge is 0.315 e. The Morgan fingerprint density at radius 2 is 2.36 bits per heavy atom. The fourth-order valence-electron chi connectivity index (χ4n) is 2.43. The first-order valence-electron chi connectivity index (χ1n) is 7.23. The zero-order chi connectivity index (χ0) is 15.5. The van der Waals surface area contributed by atoms with Crippen molar-refractivity contribution in [1.29, 1.82) is 0 Å². The SMILES string of the molecule is CCc1noc(C(=O)NC2CCCOc3c(F)cccc32)n1. The highest BCUT2D eigenvalue weighted by molar-refractivity contribution is 5.89. The van der Waals surface area contributed by atoms with E-state index in [2.05, 4.69) is 15.5 Å². The number of benzene rings is 1. The molecule has 1 atom stereocenters. The molecule has 1 amide bonds. The second-order valence-electron chi connectivity index (χ2n) is 5.04. The van der Waals surface area contributed by atoms with Crippen LogP contribution >= 0.6 is 0 Å². The number of para-hydroxylation sites is 1. The average Bonchev–Trinajstić information content (AvgIpc) is 2.91. The van der Waals surface area contributed by atoms with Gasteiger partial charge in [-0.2, -0.15) is 4.98 Å². The van der Waals surface area contributed by atoms with Crippen LogP contribution in [0.5, 0.6) is 5.75 Å². The van der Waals surface area contributed by atoms with E-state index in [1.165, 1.54) is 6.07 Å². The number of hydrogen-bond donors (Lipinski definition) is 1. The zero-order valence-electron chi connectivity index (χ0n) is 12.1. The van der Waals surface area contributed by atoms with Crippen molar-refractivity contribution >= 4 is 5.91 Å². The maximum absolute atomic E-state index is 13.9. The lowest BCUT2D eigenvalue weighted by molar-refractivity contribution is 0.0890. The van der Waals surface area contributed by atoms with Gasteiger partial charge in [0.25, 0.3) is 0 Å². The van der Waals surface area contributed by atoms with Gasteiger partial charge < -0.3 is 14.6 Å². The second-order valence-corrected chi connectivity index (χ2v) is 5.04. The normalized spacial score (nSPS) is 17.3. The van der Waals surface area contributed by atoms with Crippen LogP contribution in [0.4, 0.5) is 4.39 Å². The zero-order valence-corrected chi connectivity index (χ0v) is 12.1. The molecule has 0 fully saturated rings. The summed E-state index contributed by atoms with van der Waals surface area (Å²) in [7, 11) is 0. The summed E-state index contributed by atoms with van der Waals surface area (Å²) in [4.78, 5) is 16.2. The third kappa shape index (κ3) is 2.79. The summed E-state index contributed by atoms with van der Waals surface area (Å²) >= 11 is 0. The van der Waals surface area contributed by atoms with Gasteiger partial charge in [0.1, 0.15) is 0 Å². The number of carbonyl (C=O) groups is 1. The Morgan fingerprint density at radius 1 is 1.50 bits per heavy atom. The lowest BCUT2D eigenvalue weighted by atomic mass is 10.0. The number of aryl methyl sites for hydroxylation is 1. The summed E-state index contributed by atoms with van der Waals surface area (Å²) in [5.41, 5.74) is 0.626. The van der Waals surface area contributed by atoms with Crippen LogP contribution < -0.4 is 10.1 Å².